The number of carbonyl (C=O) groups is 3. The molecular weight excluding hydrogens is 348 g/mol. The molecule has 4 N–H and O–H groups in total. The molecule has 1 unspecified atom stereocenters. The maximum atomic E-state index is 12.6. The quantitative estimate of drug-likeness (QED) is 0.553. The third-order valence-corrected chi connectivity index (χ3v) is 3.87. The van der Waals surface area contributed by atoms with E-state index in [1.807, 2.05) is 18.2 Å². The Bertz CT molecular complexity index is 932. The number of carbonyl (C=O) groups excluding carboxylic acids is 3. The molecule has 0 aliphatic heterocycles. The van der Waals surface area contributed by atoms with Crippen LogP contribution in [0.2, 0.25) is 0 Å². The maximum absolute atomic E-state index is 12.6. The number of aromatic amines is 1. The molecule has 8 heteroatoms. The molecule has 138 valence electrons. The maximum Gasteiger partial charge on any atom is 0.405 e. The van der Waals surface area contributed by atoms with Gasteiger partial charge < -0.3 is 15.5 Å². The van der Waals surface area contributed by atoms with Gasteiger partial charge in [-0.15, -0.1) is 0 Å². The van der Waals surface area contributed by atoms with Crippen molar-refractivity contribution in [1.29, 1.82) is 0 Å². The molecule has 0 fully saturated rings. The van der Waals surface area contributed by atoms with Crippen LogP contribution in [0.3, 0.4) is 0 Å². The summed E-state index contributed by atoms with van der Waals surface area (Å²) in [5, 5.41) is 0. The molecule has 0 aliphatic rings. The lowest BCUT2D eigenvalue weighted by atomic mass is 10.1. The van der Waals surface area contributed by atoms with Crippen LogP contribution in [0, 0.1) is 0 Å². The second-order valence-corrected chi connectivity index (χ2v) is 5.77. The number of hydrogen-bond acceptors (Lipinski definition) is 4. The first-order chi connectivity index (χ1) is 13.0. The summed E-state index contributed by atoms with van der Waals surface area (Å²) < 4.78 is 6.25. The second-order valence-electron chi connectivity index (χ2n) is 5.77. The molecule has 2 heterocycles. The number of amides is 2. The number of ether oxygens (including phenoxy) is 1. The minimum atomic E-state index is -1.14. The van der Waals surface area contributed by atoms with E-state index in [9.17, 15) is 14.4 Å². The molecule has 27 heavy (non-hydrogen) atoms. The van der Waals surface area contributed by atoms with Crippen LogP contribution < -0.4 is 11.2 Å². The number of aromatic nitrogens is 2. The van der Waals surface area contributed by atoms with Crippen molar-refractivity contribution in [2.45, 2.75) is 12.5 Å². The molecule has 3 aromatic rings. The summed E-state index contributed by atoms with van der Waals surface area (Å²) in [5.41, 5.74) is 9.10. The summed E-state index contributed by atoms with van der Waals surface area (Å²) in [6.07, 6.45) is 1.12. The standard InChI is InChI=1S/C19H18N4O4/c20-19(26)27-16(12-13-6-2-1-3-7-13)18(25)22-23-11-5-9-15(23)17(24)14-8-4-10-21-14/h1-11,16,21H,12H2,(H2,20,26)(H,22,25). The molecule has 2 aromatic heterocycles. The van der Waals surface area contributed by atoms with Crippen LogP contribution in [-0.4, -0.2) is 33.5 Å². The molecule has 0 saturated carbocycles. The Hall–Kier alpha value is -3.81. The normalized spacial score (nSPS) is 11.6. The van der Waals surface area contributed by atoms with Crippen LogP contribution in [0.15, 0.2) is 67.0 Å². The molecule has 1 atom stereocenters. The van der Waals surface area contributed by atoms with Gasteiger partial charge in [0.15, 0.2) is 6.10 Å². The van der Waals surface area contributed by atoms with Crippen molar-refractivity contribution in [2.75, 3.05) is 5.43 Å². The fraction of sp³-hybridized carbons (Fsp3) is 0.105. The van der Waals surface area contributed by atoms with Crippen LogP contribution in [0.5, 0.6) is 0 Å². The predicted octanol–water partition coefficient (Wildman–Crippen LogP) is 1.82. The van der Waals surface area contributed by atoms with E-state index in [4.69, 9.17) is 10.5 Å². The summed E-state index contributed by atoms with van der Waals surface area (Å²) in [6, 6.07) is 15.6. The van der Waals surface area contributed by atoms with Crippen molar-refractivity contribution in [1.82, 2.24) is 9.66 Å². The SMILES string of the molecule is NC(=O)OC(Cc1ccccc1)C(=O)Nn1cccc1C(=O)c1ccc[nH]1. The third-order valence-electron chi connectivity index (χ3n) is 3.87. The molecule has 0 radical (unpaired) electrons. The molecule has 0 aliphatic carbocycles. The average molecular weight is 366 g/mol. The summed E-state index contributed by atoms with van der Waals surface area (Å²) in [4.78, 5) is 39.1. The first-order valence-corrected chi connectivity index (χ1v) is 8.21. The van der Waals surface area contributed by atoms with Crippen molar-refractivity contribution in [2.24, 2.45) is 5.73 Å². The van der Waals surface area contributed by atoms with Gasteiger partial charge in [-0.05, 0) is 29.8 Å². The monoisotopic (exact) mass is 366 g/mol. The van der Waals surface area contributed by atoms with Gasteiger partial charge in [0.1, 0.15) is 5.69 Å². The molecule has 3 rings (SSSR count). The number of benzene rings is 1. The topological polar surface area (TPSA) is 119 Å². The number of nitrogens with zero attached hydrogens (tertiary/aromatic N) is 1. The summed E-state index contributed by atoms with van der Waals surface area (Å²) in [6.45, 7) is 0. The number of ketones is 1. The second kappa shape index (κ2) is 8.05. The lowest BCUT2D eigenvalue weighted by Crippen LogP contribution is -2.39. The highest BCUT2D eigenvalue weighted by atomic mass is 16.6. The van der Waals surface area contributed by atoms with E-state index >= 15 is 0 Å². The first kappa shape index (κ1) is 18.0. The lowest BCUT2D eigenvalue weighted by molar-refractivity contribution is -0.125. The number of rotatable bonds is 7. The largest absolute Gasteiger partial charge is 0.436 e. The minimum absolute atomic E-state index is 0.150. The van der Waals surface area contributed by atoms with Crippen molar-refractivity contribution in [3.8, 4) is 0 Å². The number of hydrogen-bond donors (Lipinski definition) is 3. The molecule has 2 amide bonds. The Morgan fingerprint density at radius 3 is 2.52 bits per heavy atom. The molecule has 0 spiro atoms. The predicted molar refractivity (Wildman–Crippen MR) is 97.6 cm³/mol. The average Bonchev–Trinajstić information content (AvgIpc) is 3.33. The summed E-state index contributed by atoms with van der Waals surface area (Å²) in [7, 11) is 0. The molecular formula is C19H18N4O4. The molecule has 8 nitrogen and oxygen atoms in total. The Labute approximate surface area is 154 Å². The van der Waals surface area contributed by atoms with E-state index in [1.54, 1.807) is 42.6 Å². The minimum Gasteiger partial charge on any atom is -0.436 e. The molecule has 1 aromatic carbocycles. The van der Waals surface area contributed by atoms with E-state index in [0.29, 0.717) is 5.69 Å². The van der Waals surface area contributed by atoms with Crippen molar-refractivity contribution < 1.29 is 19.1 Å². The number of H-pyrrole nitrogens is 1. The molecule has 0 saturated heterocycles. The fourth-order valence-corrected chi connectivity index (χ4v) is 2.62. The van der Waals surface area contributed by atoms with Gasteiger partial charge >= 0.3 is 6.09 Å². The highest BCUT2D eigenvalue weighted by molar-refractivity contribution is 6.07. The van der Waals surface area contributed by atoms with Crippen LogP contribution in [0.1, 0.15) is 21.7 Å². The fourth-order valence-electron chi connectivity index (χ4n) is 2.62. The highest BCUT2D eigenvalue weighted by Crippen LogP contribution is 2.10. The first-order valence-electron chi connectivity index (χ1n) is 8.21. The zero-order valence-electron chi connectivity index (χ0n) is 14.3. The third kappa shape index (κ3) is 4.43. The van der Waals surface area contributed by atoms with Gasteiger partial charge in [0, 0.05) is 18.8 Å². The summed E-state index contributed by atoms with van der Waals surface area (Å²) in [5.74, 6) is -0.893. The Kier molecular flexibility index (Phi) is 5.36. The number of nitrogens with two attached hydrogens (primary N) is 1. The van der Waals surface area contributed by atoms with E-state index in [0.717, 1.165) is 5.56 Å². The van der Waals surface area contributed by atoms with Gasteiger partial charge in [0.2, 0.25) is 5.78 Å². The van der Waals surface area contributed by atoms with Crippen molar-refractivity contribution in [3.05, 3.63) is 83.9 Å². The van der Waals surface area contributed by atoms with Gasteiger partial charge in [0.25, 0.3) is 5.91 Å². The highest BCUT2D eigenvalue weighted by Gasteiger charge is 2.24. The van der Waals surface area contributed by atoms with E-state index in [1.165, 1.54) is 10.9 Å². The van der Waals surface area contributed by atoms with E-state index in [-0.39, 0.29) is 17.9 Å². The number of nitrogens with one attached hydrogen (secondary N) is 2. The Morgan fingerprint density at radius 1 is 1.07 bits per heavy atom. The smallest absolute Gasteiger partial charge is 0.405 e. The van der Waals surface area contributed by atoms with E-state index < -0.39 is 18.1 Å². The van der Waals surface area contributed by atoms with Crippen molar-refractivity contribution in [3.63, 3.8) is 0 Å². The summed E-state index contributed by atoms with van der Waals surface area (Å²) >= 11 is 0. The van der Waals surface area contributed by atoms with Crippen LogP contribution in [-0.2, 0) is 16.0 Å². The van der Waals surface area contributed by atoms with Crippen LogP contribution >= 0.6 is 0 Å². The van der Waals surface area contributed by atoms with Gasteiger partial charge in [-0.1, -0.05) is 30.3 Å². The van der Waals surface area contributed by atoms with Gasteiger partial charge in [-0.3, -0.25) is 19.7 Å². The van der Waals surface area contributed by atoms with Gasteiger partial charge in [-0.25, -0.2) is 4.79 Å². The van der Waals surface area contributed by atoms with Crippen LogP contribution in [0.4, 0.5) is 4.79 Å². The zero-order valence-corrected chi connectivity index (χ0v) is 14.3. The molecule has 0 bridgehead atoms. The lowest BCUT2D eigenvalue weighted by Gasteiger charge is -2.18. The van der Waals surface area contributed by atoms with Gasteiger partial charge in [-0.2, -0.15) is 0 Å². The van der Waals surface area contributed by atoms with E-state index in [2.05, 4.69) is 10.4 Å². The Morgan fingerprint density at radius 2 is 1.85 bits per heavy atom. The number of primary amides is 1. The van der Waals surface area contributed by atoms with Crippen molar-refractivity contribution >= 4 is 17.8 Å². The zero-order chi connectivity index (χ0) is 19.2. The van der Waals surface area contributed by atoms with Crippen LogP contribution in [0.25, 0.3) is 0 Å². The Balaban J connectivity index is 1.77. The van der Waals surface area contributed by atoms with Gasteiger partial charge in [0.05, 0.1) is 5.69 Å².